The van der Waals surface area contributed by atoms with Crippen LogP contribution in [0, 0.1) is 5.41 Å². The molecular weight excluding hydrogens is 448 g/mol. The van der Waals surface area contributed by atoms with Gasteiger partial charge >= 0.3 is 0 Å². The summed E-state index contributed by atoms with van der Waals surface area (Å²) in [5.74, 6) is -1.92. The van der Waals surface area contributed by atoms with Gasteiger partial charge < -0.3 is 15.5 Å². The Morgan fingerprint density at radius 1 is 1.03 bits per heavy atom. The lowest BCUT2D eigenvalue weighted by atomic mass is 9.87. The summed E-state index contributed by atoms with van der Waals surface area (Å²) in [6, 6.07) is 6.36. The molecule has 9 nitrogen and oxygen atoms in total. The van der Waals surface area contributed by atoms with Gasteiger partial charge in [-0.1, -0.05) is 32.4 Å². The molecule has 1 aliphatic heterocycles. The molecule has 0 saturated carbocycles. The minimum absolute atomic E-state index is 0.0226. The molecule has 0 aliphatic carbocycles. The molecule has 2 rings (SSSR count). The summed E-state index contributed by atoms with van der Waals surface area (Å²) in [6.07, 6.45) is 1.40. The van der Waals surface area contributed by atoms with Gasteiger partial charge in [-0.25, -0.2) is 8.42 Å². The van der Waals surface area contributed by atoms with Crippen LogP contribution in [0.5, 0.6) is 0 Å². The highest BCUT2D eigenvalue weighted by Crippen LogP contribution is 2.21. The van der Waals surface area contributed by atoms with Gasteiger partial charge in [0, 0.05) is 37.9 Å². The van der Waals surface area contributed by atoms with Gasteiger partial charge in [-0.15, -0.1) is 0 Å². The van der Waals surface area contributed by atoms with Gasteiger partial charge in [0.1, 0.15) is 6.10 Å². The molecule has 1 aromatic rings. The third kappa shape index (κ3) is 7.43. The fraction of sp³-hybridized carbons (Fsp3) is 0.609. The smallest absolute Gasteiger partial charge is 0.249 e. The van der Waals surface area contributed by atoms with Gasteiger partial charge in [-0.05, 0) is 37.0 Å². The van der Waals surface area contributed by atoms with E-state index in [4.69, 9.17) is 0 Å². The fourth-order valence-electron chi connectivity index (χ4n) is 3.46. The molecule has 0 spiro atoms. The zero-order valence-corrected chi connectivity index (χ0v) is 20.1. The summed E-state index contributed by atoms with van der Waals surface area (Å²) < 4.78 is 26.9. The van der Waals surface area contributed by atoms with Crippen molar-refractivity contribution < 1.29 is 33.0 Å². The molecule has 1 atom stereocenters. The summed E-state index contributed by atoms with van der Waals surface area (Å²) in [7, 11) is -3.51. The number of rotatable bonds is 12. The lowest BCUT2D eigenvalue weighted by molar-refractivity contribution is -0.138. The van der Waals surface area contributed by atoms with Gasteiger partial charge in [0.2, 0.25) is 15.9 Å². The maximum Gasteiger partial charge on any atom is 0.249 e. The van der Waals surface area contributed by atoms with E-state index in [-0.39, 0.29) is 30.9 Å². The van der Waals surface area contributed by atoms with Crippen molar-refractivity contribution in [2.75, 3.05) is 26.2 Å². The maximum atomic E-state index is 12.7. The van der Waals surface area contributed by atoms with Gasteiger partial charge in [0.05, 0.1) is 11.5 Å². The Labute approximate surface area is 195 Å². The first kappa shape index (κ1) is 27.1. The molecule has 10 heteroatoms. The van der Waals surface area contributed by atoms with Crippen LogP contribution in [0.4, 0.5) is 0 Å². The number of amides is 1. The number of carbonyl (C=O) groups excluding carboxylic acids is 3. The third-order valence-electron chi connectivity index (χ3n) is 5.88. The number of nitrogens with one attached hydrogen (secondary N) is 1. The van der Waals surface area contributed by atoms with Gasteiger partial charge in [-0.2, -0.15) is 4.31 Å². The standard InChI is InChI=1S/C23H34N2O7S/c1-23(2,16-26)21(29)22(30)24-13-12-20(28)19(27)11-8-17-6-9-18(10-7-17)33(31,32)25-14-4-3-5-15-25/h6-7,9-10,21,26,29H,3-5,8,11-16H2,1-2H3,(H,24,30)/t21-/m0/s1. The van der Waals surface area contributed by atoms with E-state index in [1.807, 2.05) is 0 Å². The minimum Gasteiger partial charge on any atom is -0.396 e. The number of aryl methyl sites for hydroxylation is 1. The fourth-order valence-corrected chi connectivity index (χ4v) is 4.97. The summed E-state index contributed by atoms with van der Waals surface area (Å²) >= 11 is 0. The topological polar surface area (TPSA) is 141 Å². The van der Waals surface area contributed by atoms with Crippen LogP contribution >= 0.6 is 0 Å². The number of piperidine rings is 1. The van der Waals surface area contributed by atoms with E-state index in [0.29, 0.717) is 19.5 Å². The van der Waals surface area contributed by atoms with Crippen molar-refractivity contribution in [1.29, 1.82) is 0 Å². The number of carbonyl (C=O) groups is 3. The number of aliphatic hydroxyl groups excluding tert-OH is 2. The van der Waals surface area contributed by atoms with Crippen molar-refractivity contribution in [1.82, 2.24) is 9.62 Å². The number of hydrogen-bond donors (Lipinski definition) is 3. The van der Waals surface area contributed by atoms with Crippen LogP contribution in [0.25, 0.3) is 0 Å². The van der Waals surface area contributed by atoms with E-state index in [1.165, 1.54) is 30.3 Å². The Morgan fingerprint density at radius 2 is 1.61 bits per heavy atom. The van der Waals surface area contributed by atoms with E-state index in [2.05, 4.69) is 5.32 Å². The molecular formula is C23H34N2O7S. The second-order valence-electron chi connectivity index (χ2n) is 9.05. The molecule has 1 fully saturated rings. The highest BCUT2D eigenvalue weighted by atomic mass is 32.2. The largest absolute Gasteiger partial charge is 0.396 e. The predicted molar refractivity (Wildman–Crippen MR) is 122 cm³/mol. The molecule has 0 radical (unpaired) electrons. The highest BCUT2D eigenvalue weighted by Gasteiger charge is 2.33. The number of benzene rings is 1. The molecule has 0 unspecified atom stereocenters. The van der Waals surface area contributed by atoms with Gasteiger partial charge in [-0.3, -0.25) is 14.4 Å². The maximum absolute atomic E-state index is 12.7. The summed E-state index contributed by atoms with van der Waals surface area (Å²) in [5, 5.41) is 21.5. The van der Waals surface area contributed by atoms with Gasteiger partial charge in [0.25, 0.3) is 0 Å². The zero-order chi connectivity index (χ0) is 24.6. The number of Topliss-reactive ketones (excluding diaryl/α,β-unsaturated/α-hetero) is 2. The monoisotopic (exact) mass is 482 g/mol. The van der Waals surface area contributed by atoms with E-state index in [1.54, 1.807) is 12.1 Å². The average Bonchev–Trinajstić information content (AvgIpc) is 2.82. The van der Waals surface area contributed by atoms with E-state index < -0.39 is 39.0 Å². The van der Waals surface area contributed by atoms with E-state index >= 15 is 0 Å². The Morgan fingerprint density at radius 3 is 2.18 bits per heavy atom. The number of sulfonamides is 1. The molecule has 3 N–H and O–H groups in total. The van der Waals surface area contributed by atoms with Crippen molar-refractivity contribution in [3.8, 4) is 0 Å². The highest BCUT2D eigenvalue weighted by molar-refractivity contribution is 7.89. The zero-order valence-electron chi connectivity index (χ0n) is 19.2. The normalized spacial score (nSPS) is 16.2. The first-order valence-corrected chi connectivity index (χ1v) is 12.6. The van der Waals surface area contributed by atoms with Crippen molar-refractivity contribution in [3.63, 3.8) is 0 Å². The Hall–Kier alpha value is -2.14. The Bertz CT molecular complexity index is 936. The molecule has 1 amide bonds. The van der Waals surface area contributed by atoms with E-state index in [0.717, 1.165) is 24.8 Å². The van der Waals surface area contributed by atoms with Crippen LogP contribution in [0.1, 0.15) is 51.5 Å². The quantitative estimate of drug-likeness (QED) is 0.375. The third-order valence-corrected chi connectivity index (χ3v) is 7.79. The molecule has 0 bridgehead atoms. The second kappa shape index (κ2) is 11.8. The number of ketones is 2. The van der Waals surface area contributed by atoms with Gasteiger partial charge in [0.15, 0.2) is 11.6 Å². The summed E-state index contributed by atoms with van der Waals surface area (Å²) in [6.45, 7) is 3.64. The first-order valence-electron chi connectivity index (χ1n) is 11.2. The number of aliphatic hydroxyl groups is 2. The second-order valence-corrected chi connectivity index (χ2v) is 11.0. The van der Waals surface area contributed by atoms with Crippen molar-refractivity contribution in [2.24, 2.45) is 5.41 Å². The number of hydrogen-bond acceptors (Lipinski definition) is 7. The minimum atomic E-state index is -3.51. The molecule has 1 aliphatic rings. The lowest BCUT2D eigenvalue weighted by Gasteiger charge is -2.27. The van der Waals surface area contributed by atoms with Crippen molar-refractivity contribution >= 4 is 27.5 Å². The molecule has 33 heavy (non-hydrogen) atoms. The van der Waals surface area contributed by atoms with Crippen LogP contribution in [0.3, 0.4) is 0 Å². The van der Waals surface area contributed by atoms with Crippen LogP contribution in [0.2, 0.25) is 0 Å². The SMILES string of the molecule is CC(C)(CO)[C@@H](O)C(=O)NCCC(=O)C(=O)CCc1ccc(S(=O)(=O)N2CCCCC2)cc1. The Kier molecular flexibility index (Phi) is 9.71. The van der Waals surface area contributed by atoms with E-state index in [9.17, 15) is 33.0 Å². The molecule has 1 heterocycles. The number of nitrogens with zero attached hydrogens (tertiary/aromatic N) is 1. The molecule has 1 saturated heterocycles. The van der Waals surface area contributed by atoms with Crippen LogP contribution in [-0.4, -0.2) is 72.8 Å². The summed E-state index contributed by atoms with van der Waals surface area (Å²) in [4.78, 5) is 36.3. The van der Waals surface area contributed by atoms with Crippen molar-refractivity contribution in [3.05, 3.63) is 29.8 Å². The van der Waals surface area contributed by atoms with Crippen LogP contribution in [-0.2, 0) is 30.8 Å². The first-order chi connectivity index (χ1) is 15.5. The lowest BCUT2D eigenvalue weighted by Crippen LogP contribution is -2.46. The predicted octanol–water partition coefficient (Wildman–Crippen LogP) is 0.818. The van der Waals surface area contributed by atoms with Crippen LogP contribution in [0.15, 0.2) is 29.2 Å². The van der Waals surface area contributed by atoms with Crippen LogP contribution < -0.4 is 5.32 Å². The molecule has 184 valence electrons. The molecule has 0 aromatic heterocycles. The summed E-state index contributed by atoms with van der Waals surface area (Å²) in [5.41, 5.74) is -0.275. The Balaban J connectivity index is 1.79. The van der Waals surface area contributed by atoms with Crippen molar-refractivity contribution in [2.45, 2.75) is 63.4 Å². The molecule has 1 aromatic carbocycles. The average molecular weight is 483 g/mol.